The fourth-order valence-electron chi connectivity index (χ4n) is 2.32. The molecule has 0 saturated carbocycles. The van der Waals surface area contributed by atoms with E-state index in [9.17, 15) is 0 Å². The molecule has 0 radical (unpaired) electrons. The Balaban J connectivity index is 2.31. The van der Waals surface area contributed by atoms with E-state index < -0.39 is 0 Å². The van der Waals surface area contributed by atoms with Gasteiger partial charge in [0.05, 0.1) is 11.2 Å². The summed E-state index contributed by atoms with van der Waals surface area (Å²) in [6.45, 7) is 9.48. The highest BCUT2D eigenvalue weighted by Gasteiger charge is 2.29. The van der Waals surface area contributed by atoms with Crippen molar-refractivity contribution in [2.24, 2.45) is 0 Å². The Bertz CT molecular complexity index is 557. The highest BCUT2D eigenvalue weighted by Crippen LogP contribution is 2.31. The van der Waals surface area contributed by atoms with Crippen molar-refractivity contribution < 1.29 is 0 Å². The molecule has 0 aliphatic heterocycles. The summed E-state index contributed by atoms with van der Waals surface area (Å²) in [5.74, 6) is 0. The van der Waals surface area contributed by atoms with Crippen LogP contribution in [-0.2, 0) is 12.0 Å². The number of nitrogens with zero attached hydrogens (tertiary/aromatic N) is 1. The van der Waals surface area contributed by atoms with Crippen LogP contribution in [0.1, 0.15) is 35.0 Å². The molecular formula is C16H21ClN2S. The summed E-state index contributed by atoms with van der Waals surface area (Å²) in [6, 6.07) is 8.07. The van der Waals surface area contributed by atoms with Gasteiger partial charge in [-0.3, -0.25) is 0 Å². The summed E-state index contributed by atoms with van der Waals surface area (Å²) in [7, 11) is 0. The summed E-state index contributed by atoms with van der Waals surface area (Å²) in [5.41, 5.74) is 2.26. The molecule has 1 heterocycles. The van der Waals surface area contributed by atoms with Gasteiger partial charge in [0.1, 0.15) is 5.01 Å². The first kappa shape index (κ1) is 15.5. The van der Waals surface area contributed by atoms with Gasteiger partial charge in [0.25, 0.3) is 0 Å². The molecule has 2 aromatic rings. The molecule has 1 aromatic carbocycles. The molecule has 0 aliphatic rings. The third kappa shape index (κ3) is 3.40. The quantitative estimate of drug-likeness (QED) is 0.881. The number of benzene rings is 1. The smallest absolute Gasteiger partial charge is 0.113 e. The summed E-state index contributed by atoms with van der Waals surface area (Å²) < 4.78 is 0. The first-order chi connectivity index (χ1) is 9.44. The van der Waals surface area contributed by atoms with Crippen LogP contribution in [0, 0.1) is 13.8 Å². The maximum absolute atomic E-state index is 5.96. The fraction of sp³-hybridized carbons (Fsp3) is 0.438. The molecule has 0 aliphatic carbocycles. The summed E-state index contributed by atoms with van der Waals surface area (Å²) >= 11 is 7.74. The van der Waals surface area contributed by atoms with Gasteiger partial charge in [-0.1, -0.05) is 30.7 Å². The van der Waals surface area contributed by atoms with Gasteiger partial charge in [-0.25, -0.2) is 4.98 Å². The summed E-state index contributed by atoms with van der Waals surface area (Å²) in [6.07, 6.45) is 0.907. The molecule has 0 bridgehead atoms. The van der Waals surface area contributed by atoms with Gasteiger partial charge in [-0.05, 0) is 51.4 Å². The Labute approximate surface area is 130 Å². The number of aromatic nitrogens is 1. The highest BCUT2D eigenvalue weighted by atomic mass is 35.5. The molecule has 1 unspecified atom stereocenters. The number of hydrogen-bond donors (Lipinski definition) is 1. The molecule has 0 spiro atoms. The van der Waals surface area contributed by atoms with Gasteiger partial charge in [-0.2, -0.15) is 0 Å². The minimum atomic E-state index is -0.133. The van der Waals surface area contributed by atoms with Crippen molar-refractivity contribution in [2.45, 2.75) is 39.7 Å². The number of halogens is 1. The molecule has 0 fully saturated rings. The number of rotatable bonds is 5. The van der Waals surface area contributed by atoms with Crippen molar-refractivity contribution in [1.29, 1.82) is 0 Å². The predicted octanol–water partition coefficient (Wildman–Crippen LogP) is 4.48. The topological polar surface area (TPSA) is 24.9 Å². The van der Waals surface area contributed by atoms with E-state index in [-0.39, 0.29) is 5.54 Å². The molecule has 0 saturated heterocycles. The first-order valence-corrected chi connectivity index (χ1v) is 8.08. The molecule has 108 valence electrons. The van der Waals surface area contributed by atoms with Gasteiger partial charge >= 0.3 is 0 Å². The van der Waals surface area contributed by atoms with Crippen molar-refractivity contribution in [3.8, 4) is 0 Å². The second-order valence-electron chi connectivity index (χ2n) is 5.33. The molecular weight excluding hydrogens is 288 g/mol. The maximum Gasteiger partial charge on any atom is 0.113 e. The van der Waals surface area contributed by atoms with Crippen molar-refractivity contribution in [1.82, 2.24) is 10.3 Å². The van der Waals surface area contributed by atoms with E-state index in [1.807, 2.05) is 12.1 Å². The van der Waals surface area contributed by atoms with Crippen LogP contribution in [-0.4, -0.2) is 11.5 Å². The molecule has 1 aromatic heterocycles. The fourth-order valence-corrected chi connectivity index (χ4v) is 3.48. The van der Waals surface area contributed by atoms with E-state index in [1.54, 1.807) is 11.3 Å². The van der Waals surface area contributed by atoms with E-state index in [2.05, 4.69) is 45.1 Å². The third-order valence-corrected chi connectivity index (χ3v) is 5.13. The normalized spacial score (nSPS) is 14.2. The van der Waals surface area contributed by atoms with E-state index in [1.165, 1.54) is 10.4 Å². The van der Waals surface area contributed by atoms with Crippen molar-refractivity contribution in [2.75, 3.05) is 6.54 Å². The highest BCUT2D eigenvalue weighted by molar-refractivity contribution is 7.11. The van der Waals surface area contributed by atoms with Gasteiger partial charge in [0.2, 0.25) is 0 Å². The zero-order chi connectivity index (χ0) is 14.8. The van der Waals surface area contributed by atoms with Crippen molar-refractivity contribution in [3.05, 3.63) is 50.4 Å². The van der Waals surface area contributed by atoms with E-state index >= 15 is 0 Å². The van der Waals surface area contributed by atoms with Crippen LogP contribution in [0.15, 0.2) is 24.3 Å². The lowest BCUT2D eigenvalue weighted by molar-refractivity contribution is 0.371. The molecule has 20 heavy (non-hydrogen) atoms. The Hall–Kier alpha value is -0.900. The van der Waals surface area contributed by atoms with Crippen LogP contribution >= 0.6 is 22.9 Å². The van der Waals surface area contributed by atoms with Crippen LogP contribution in [0.25, 0.3) is 0 Å². The Morgan fingerprint density at radius 2 is 1.90 bits per heavy atom. The van der Waals surface area contributed by atoms with Crippen LogP contribution < -0.4 is 5.32 Å². The molecule has 0 amide bonds. The Morgan fingerprint density at radius 3 is 2.40 bits per heavy atom. The van der Waals surface area contributed by atoms with Gasteiger partial charge < -0.3 is 5.32 Å². The lowest BCUT2D eigenvalue weighted by atomic mass is 9.93. The molecule has 1 N–H and O–H groups in total. The van der Waals surface area contributed by atoms with Gasteiger partial charge in [0, 0.05) is 9.90 Å². The van der Waals surface area contributed by atoms with Gasteiger partial charge in [-0.15, -0.1) is 11.3 Å². The number of nitrogens with one attached hydrogen (secondary N) is 1. The largest absolute Gasteiger partial charge is 0.306 e. The number of thiazole rings is 1. The van der Waals surface area contributed by atoms with Crippen LogP contribution in [0.2, 0.25) is 5.02 Å². The first-order valence-electron chi connectivity index (χ1n) is 6.88. The van der Waals surface area contributed by atoms with Crippen LogP contribution in [0.5, 0.6) is 0 Å². The molecule has 1 atom stereocenters. The second-order valence-corrected chi connectivity index (χ2v) is 6.97. The standard InChI is InChI=1S/C16H21ClN2S/c1-5-18-16(4,15-19-11(2)12(3)20-15)10-13-6-8-14(17)9-7-13/h6-9,18H,5,10H2,1-4H3. The lowest BCUT2D eigenvalue weighted by Gasteiger charge is -2.28. The molecule has 2 rings (SSSR count). The summed E-state index contributed by atoms with van der Waals surface area (Å²) in [4.78, 5) is 6.04. The monoisotopic (exact) mass is 308 g/mol. The van der Waals surface area contributed by atoms with Crippen LogP contribution in [0.3, 0.4) is 0 Å². The van der Waals surface area contributed by atoms with E-state index in [0.29, 0.717) is 0 Å². The lowest BCUT2D eigenvalue weighted by Crippen LogP contribution is -2.41. The second kappa shape index (κ2) is 6.25. The van der Waals surface area contributed by atoms with E-state index in [4.69, 9.17) is 16.6 Å². The van der Waals surface area contributed by atoms with Crippen LogP contribution in [0.4, 0.5) is 0 Å². The minimum Gasteiger partial charge on any atom is -0.306 e. The third-order valence-electron chi connectivity index (χ3n) is 3.54. The SMILES string of the molecule is CCNC(C)(Cc1ccc(Cl)cc1)c1nc(C)c(C)s1. The Kier molecular flexibility index (Phi) is 4.84. The predicted molar refractivity (Wildman–Crippen MR) is 87.8 cm³/mol. The number of likely N-dealkylation sites (N-methyl/N-ethyl adjacent to an activating group) is 1. The maximum atomic E-state index is 5.96. The number of hydrogen-bond acceptors (Lipinski definition) is 3. The zero-order valence-electron chi connectivity index (χ0n) is 12.5. The van der Waals surface area contributed by atoms with E-state index in [0.717, 1.165) is 28.7 Å². The zero-order valence-corrected chi connectivity index (χ0v) is 14.0. The number of aryl methyl sites for hydroxylation is 2. The van der Waals surface area contributed by atoms with Gasteiger partial charge in [0.15, 0.2) is 0 Å². The average Bonchev–Trinajstić information content (AvgIpc) is 2.74. The van der Waals surface area contributed by atoms with Crippen molar-refractivity contribution >= 4 is 22.9 Å². The minimum absolute atomic E-state index is 0.133. The molecule has 4 heteroatoms. The summed E-state index contributed by atoms with van der Waals surface area (Å²) in [5, 5.41) is 5.53. The Morgan fingerprint density at radius 1 is 1.25 bits per heavy atom. The van der Waals surface area contributed by atoms with Crippen molar-refractivity contribution in [3.63, 3.8) is 0 Å². The average molecular weight is 309 g/mol. The molecule has 2 nitrogen and oxygen atoms in total.